The Balaban J connectivity index is 1.51. The van der Waals surface area contributed by atoms with Crippen LogP contribution >= 0.6 is 23.4 Å². The molecule has 31 heavy (non-hydrogen) atoms. The van der Waals surface area contributed by atoms with Gasteiger partial charge in [0, 0.05) is 33.7 Å². The minimum absolute atomic E-state index is 0.379. The first-order chi connectivity index (χ1) is 15.2. The second kappa shape index (κ2) is 8.26. The molecule has 1 N–H and O–H groups in total. The van der Waals surface area contributed by atoms with E-state index in [0.717, 1.165) is 22.3 Å². The molecule has 4 aromatic heterocycles. The maximum Gasteiger partial charge on any atom is 0.155 e. The highest BCUT2D eigenvalue weighted by molar-refractivity contribution is 7.98. The van der Waals surface area contributed by atoms with Crippen LogP contribution in [0, 0.1) is 11.8 Å². The second-order valence-electron chi connectivity index (χ2n) is 6.62. The van der Waals surface area contributed by atoms with E-state index in [1.165, 1.54) is 4.90 Å². The lowest BCUT2D eigenvalue weighted by Gasteiger charge is -2.08. The van der Waals surface area contributed by atoms with Crippen LogP contribution in [0.4, 0.5) is 11.5 Å². The van der Waals surface area contributed by atoms with E-state index in [4.69, 9.17) is 11.6 Å². The molecule has 0 aliphatic carbocycles. The van der Waals surface area contributed by atoms with Crippen molar-refractivity contribution in [1.29, 1.82) is 0 Å². The Morgan fingerprint density at radius 1 is 0.968 bits per heavy atom. The largest absolute Gasteiger partial charge is 0.340 e. The summed E-state index contributed by atoms with van der Waals surface area (Å²) in [6.45, 7) is 0. The fraction of sp³-hybridized carbons (Fsp3) is 0.0435. The molecule has 8 heteroatoms. The fourth-order valence-corrected chi connectivity index (χ4v) is 3.66. The molecule has 5 aromatic rings. The van der Waals surface area contributed by atoms with Crippen molar-refractivity contribution in [1.82, 2.24) is 24.6 Å². The zero-order chi connectivity index (χ0) is 21.2. The number of nitrogens with one attached hydrogen (secondary N) is 1. The van der Waals surface area contributed by atoms with Gasteiger partial charge in [0.2, 0.25) is 0 Å². The number of benzene rings is 1. The van der Waals surface area contributed by atoms with Crippen molar-refractivity contribution in [3.05, 3.63) is 83.7 Å². The van der Waals surface area contributed by atoms with Gasteiger partial charge < -0.3 is 5.32 Å². The van der Waals surface area contributed by atoms with Gasteiger partial charge in [-0.3, -0.25) is 0 Å². The van der Waals surface area contributed by atoms with E-state index in [1.807, 2.05) is 30.5 Å². The average molecular weight is 443 g/mol. The second-order valence-corrected chi connectivity index (χ2v) is 7.89. The average Bonchev–Trinajstić information content (AvgIpc) is 3.20. The summed E-state index contributed by atoms with van der Waals surface area (Å²) in [5.41, 5.74) is 2.94. The molecule has 0 spiro atoms. The lowest BCUT2D eigenvalue weighted by atomic mass is 10.1. The van der Waals surface area contributed by atoms with E-state index in [1.54, 1.807) is 40.8 Å². The SMILES string of the molecule is CSc1ccc(Nc2cc3c(C#Cc4cnc5ccc(Cl)nn45)nccc3cn2)cc1. The number of anilines is 2. The van der Waals surface area contributed by atoms with E-state index < -0.39 is 0 Å². The summed E-state index contributed by atoms with van der Waals surface area (Å²) < 4.78 is 1.62. The van der Waals surface area contributed by atoms with Crippen molar-refractivity contribution in [2.45, 2.75) is 4.90 Å². The summed E-state index contributed by atoms with van der Waals surface area (Å²) in [6, 6.07) is 15.6. The van der Waals surface area contributed by atoms with Gasteiger partial charge in [0.05, 0.1) is 6.20 Å². The molecule has 150 valence electrons. The van der Waals surface area contributed by atoms with Crippen LogP contribution in [0.25, 0.3) is 16.4 Å². The van der Waals surface area contributed by atoms with Gasteiger partial charge in [0.1, 0.15) is 22.4 Å². The quantitative estimate of drug-likeness (QED) is 0.306. The molecule has 4 heterocycles. The minimum Gasteiger partial charge on any atom is -0.340 e. The Morgan fingerprint density at radius 2 is 1.84 bits per heavy atom. The number of rotatable bonds is 3. The highest BCUT2D eigenvalue weighted by atomic mass is 35.5. The molecule has 0 radical (unpaired) electrons. The first-order valence-corrected chi connectivity index (χ1v) is 11.0. The molecular weight excluding hydrogens is 428 g/mol. The standard InChI is InChI=1S/C23H15ClN6S/c1-31-18-5-2-16(3-6-18)28-22-12-19-15(13-26-22)10-11-25-20(19)7-4-17-14-27-23-9-8-21(24)29-30(17)23/h2-3,5-6,8-14H,1H3,(H,26,28). The Labute approximate surface area is 187 Å². The smallest absolute Gasteiger partial charge is 0.155 e. The summed E-state index contributed by atoms with van der Waals surface area (Å²) >= 11 is 7.72. The van der Waals surface area contributed by atoms with Crippen LogP contribution in [-0.4, -0.2) is 30.8 Å². The third kappa shape index (κ3) is 4.04. The topological polar surface area (TPSA) is 68.0 Å². The first kappa shape index (κ1) is 19.4. The minimum atomic E-state index is 0.379. The molecule has 0 saturated carbocycles. The maximum atomic E-state index is 6.01. The van der Waals surface area contributed by atoms with Gasteiger partial charge in [-0.25, -0.2) is 19.5 Å². The number of aromatic nitrogens is 5. The van der Waals surface area contributed by atoms with E-state index in [9.17, 15) is 0 Å². The van der Waals surface area contributed by atoms with Crippen molar-refractivity contribution >= 4 is 51.3 Å². The van der Waals surface area contributed by atoms with E-state index in [-0.39, 0.29) is 0 Å². The van der Waals surface area contributed by atoms with Gasteiger partial charge in [-0.2, -0.15) is 5.10 Å². The van der Waals surface area contributed by atoms with E-state index in [2.05, 4.69) is 55.6 Å². The van der Waals surface area contributed by atoms with Crippen molar-refractivity contribution in [3.63, 3.8) is 0 Å². The highest BCUT2D eigenvalue weighted by Gasteiger charge is 2.06. The van der Waals surface area contributed by atoms with Crippen LogP contribution in [0.3, 0.4) is 0 Å². The highest BCUT2D eigenvalue weighted by Crippen LogP contribution is 2.23. The maximum absolute atomic E-state index is 6.01. The van der Waals surface area contributed by atoms with Crippen LogP contribution in [0.1, 0.15) is 11.4 Å². The lowest BCUT2D eigenvalue weighted by molar-refractivity contribution is 0.924. The molecule has 0 amide bonds. The van der Waals surface area contributed by atoms with Gasteiger partial charge in [0.25, 0.3) is 0 Å². The molecule has 0 aliphatic heterocycles. The number of thioether (sulfide) groups is 1. The molecule has 0 aliphatic rings. The molecule has 5 rings (SSSR count). The molecular formula is C23H15ClN6S. The van der Waals surface area contributed by atoms with Crippen LogP contribution in [0.5, 0.6) is 0 Å². The summed E-state index contributed by atoms with van der Waals surface area (Å²) in [5, 5.41) is 9.85. The van der Waals surface area contributed by atoms with Gasteiger partial charge in [0.15, 0.2) is 5.65 Å². The lowest BCUT2D eigenvalue weighted by Crippen LogP contribution is -1.95. The van der Waals surface area contributed by atoms with Crippen LogP contribution < -0.4 is 5.32 Å². The van der Waals surface area contributed by atoms with Crippen LogP contribution in [0.2, 0.25) is 5.15 Å². The number of pyridine rings is 2. The third-order valence-corrected chi connectivity index (χ3v) is 5.59. The molecule has 1 aromatic carbocycles. The van der Waals surface area contributed by atoms with Crippen molar-refractivity contribution in [3.8, 4) is 11.8 Å². The third-order valence-electron chi connectivity index (χ3n) is 4.65. The molecule has 0 saturated heterocycles. The van der Waals surface area contributed by atoms with E-state index >= 15 is 0 Å². The number of halogens is 1. The zero-order valence-corrected chi connectivity index (χ0v) is 17.9. The number of fused-ring (bicyclic) bond motifs is 2. The van der Waals surface area contributed by atoms with Crippen molar-refractivity contribution in [2.75, 3.05) is 11.6 Å². The number of nitrogens with zero attached hydrogens (tertiary/aromatic N) is 5. The molecule has 0 fully saturated rings. The van der Waals surface area contributed by atoms with Crippen molar-refractivity contribution < 1.29 is 0 Å². The van der Waals surface area contributed by atoms with Crippen LogP contribution in [0.15, 0.2) is 72.0 Å². The number of imidazole rings is 1. The van der Waals surface area contributed by atoms with Gasteiger partial charge in [-0.1, -0.05) is 11.6 Å². The Kier molecular flexibility index (Phi) is 5.16. The Morgan fingerprint density at radius 3 is 2.68 bits per heavy atom. The van der Waals surface area contributed by atoms with Crippen LogP contribution in [-0.2, 0) is 0 Å². The predicted octanol–water partition coefficient (Wildman–Crippen LogP) is 5.19. The monoisotopic (exact) mass is 442 g/mol. The normalized spacial score (nSPS) is 10.8. The van der Waals surface area contributed by atoms with E-state index in [0.29, 0.717) is 22.2 Å². The molecule has 6 nitrogen and oxygen atoms in total. The molecule has 0 bridgehead atoms. The summed E-state index contributed by atoms with van der Waals surface area (Å²) in [6.07, 6.45) is 7.27. The summed E-state index contributed by atoms with van der Waals surface area (Å²) in [7, 11) is 0. The summed E-state index contributed by atoms with van der Waals surface area (Å²) in [4.78, 5) is 14.5. The van der Waals surface area contributed by atoms with Crippen molar-refractivity contribution in [2.24, 2.45) is 0 Å². The predicted molar refractivity (Wildman–Crippen MR) is 125 cm³/mol. The molecule has 0 atom stereocenters. The van der Waals surface area contributed by atoms with Gasteiger partial charge in [-0.05, 0) is 66.6 Å². The first-order valence-electron chi connectivity index (χ1n) is 9.38. The number of hydrogen-bond donors (Lipinski definition) is 1. The fourth-order valence-electron chi connectivity index (χ4n) is 3.12. The van der Waals surface area contributed by atoms with Gasteiger partial charge in [-0.15, -0.1) is 11.8 Å². The Bertz CT molecular complexity index is 1470. The summed E-state index contributed by atoms with van der Waals surface area (Å²) in [5.74, 6) is 6.98. The van der Waals surface area contributed by atoms with Gasteiger partial charge >= 0.3 is 0 Å². The number of hydrogen-bond acceptors (Lipinski definition) is 6. The Hall–Kier alpha value is -3.60. The molecule has 0 unspecified atom stereocenters. The zero-order valence-electron chi connectivity index (χ0n) is 16.4.